The molecule has 1 unspecified atom stereocenters. The van der Waals surface area contributed by atoms with Crippen molar-refractivity contribution in [3.8, 4) is 6.07 Å². The first-order valence-corrected chi connectivity index (χ1v) is 3.88. The Bertz CT molecular complexity index is 220. The molecule has 1 N–H and O–H groups in total. The van der Waals surface area contributed by atoms with Gasteiger partial charge in [0.15, 0.2) is 0 Å². The molecule has 0 amide bonds. The summed E-state index contributed by atoms with van der Waals surface area (Å²) >= 11 is 0. The highest BCUT2D eigenvalue weighted by Gasteiger charge is 2.50. The number of nitrogens with zero attached hydrogens (tertiary/aromatic N) is 1. The van der Waals surface area contributed by atoms with Gasteiger partial charge in [0.2, 0.25) is 0 Å². The average Bonchev–Trinajstić information content (AvgIpc) is 2.82. The Kier molecular flexibility index (Phi) is 2.01. The number of aliphatic hydroxyl groups excluding tert-OH is 1. The van der Waals surface area contributed by atoms with Crippen LogP contribution in [0.5, 0.6) is 0 Å². The molecular weight excluding hydrogens is 138 g/mol. The number of rotatable bonds is 2. The molecule has 1 atom stereocenters. The number of allylic oxidation sites excluding steroid dienone is 1. The second kappa shape index (κ2) is 2.67. The van der Waals surface area contributed by atoms with Gasteiger partial charge in [0, 0.05) is 5.41 Å². The zero-order valence-corrected chi connectivity index (χ0v) is 6.96. The smallest absolute Gasteiger partial charge is 0.149 e. The number of hydrogen-bond acceptors (Lipinski definition) is 2. The van der Waals surface area contributed by atoms with Crippen molar-refractivity contribution in [1.82, 2.24) is 0 Å². The molecular formula is C9H13NO. The Morgan fingerprint density at radius 3 is 2.55 bits per heavy atom. The van der Waals surface area contributed by atoms with Crippen molar-refractivity contribution in [3.63, 3.8) is 0 Å². The molecule has 0 aliphatic heterocycles. The molecule has 0 aromatic rings. The summed E-state index contributed by atoms with van der Waals surface area (Å²) in [5.74, 6) is 0. The third-order valence-corrected chi connectivity index (χ3v) is 2.65. The fourth-order valence-electron chi connectivity index (χ4n) is 1.43. The maximum absolute atomic E-state index is 9.35. The summed E-state index contributed by atoms with van der Waals surface area (Å²) in [7, 11) is 0. The minimum Gasteiger partial charge on any atom is -0.377 e. The van der Waals surface area contributed by atoms with Crippen LogP contribution in [-0.2, 0) is 0 Å². The van der Waals surface area contributed by atoms with Gasteiger partial charge in [0.05, 0.1) is 6.07 Å². The van der Waals surface area contributed by atoms with E-state index in [1.54, 1.807) is 0 Å². The van der Waals surface area contributed by atoms with Gasteiger partial charge in [-0.15, -0.1) is 0 Å². The van der Waals surface area contributed by atoms with Gasteiger partial charge >= 0.3 is 0 Å². The van der Waals surface area contributed by atoms with Gasteiger partial charge in [0.1, 0.15) is 6.10 Å². The molecule has 1 aliphatic carbocycles. The maximum atomic E-state index is 9.35. The zero-order valence-electron chi connectivity index (χ0n) is 6.96. The fraction of sp³-hybridized carbons (Fsp3) is 0.667. The van der Waals surface area contributed by atoms with Crippen LogP contribution in [0.25, 0.3) is 0 Å². The fourth-order valence-corrected chi connectivity index (χ4v) is 1.43. The second-order valence-electron chi connectivity index (χ2n) is 3.16. The van der Waals surface area contributed by atoms with Crippen molar-refractivity contribution in [3.05, 3.63) is 11.6 Å². The lowest BCUT2D eigenvalue weighted by Crippen LogP contribution is -2.20. The highest BCUT2D eigenvalue weighted by Crippen LogP contribution is 2.54. The van der Waals surface area contributed by atoms with Gasteiger partial charge in [-0.05, 0) is 26.7 Å². The molecule has 0 heterocycles. The summed E-state index contributed by atoms with van der Waals surface area (Å²) in [4.78, 5) is 0. The van der Waals surface area contributed by atoms with E-state index >= 15 is 0 Å². The standard InChI is InChI=1S/C9H13NO/c1-3-7(2)9(4-5-9)8(11)6-10/h3,8,11H,4-5H2,1-2H3/b7-3+. The van der Waals surface area contributed by atoms with Crippen molar-refractivity contribution < 1.29 is 5.11 Å². The summed E-state index contributed by atoms with van der Waals surface area (Å²) in [6, 6.07) is 1.90. The Labute approximate surface area is 67.2 Å². The molecule has 0 radical (unpaired) electrons. The molecule has 0 aromatic carbocycles. The lowest BCUT2D eigenvalue weighted by molar-refractivity contribution is 0.165. The van der Waals surface area contributed by atoms with Crippen molar-refractivity contribution in [2.45, 2.75) is 32.8 Å². The molecule has 60 valence electrons. The Morgan fingerprint density at radius 2 is 2.27 bits per heavy atom. The summed E-state index contributed by atoms with van der Waals surface area (Å²) in [5.41, 5.74) is 0.968. The molecule has 0 aromatic heterocycles. The van der Waals surface area contributed by atoms with Crippen LogP contribution >= 0.6 is 0 Å². The minimum atomic E-state index is -0.807. The van der Waals surface area contributed by atoms with Crippen LogP contribution in [0.3, 0.4) is 0 Å². The normalized spacial score (nSPS) is 24.0. The quantitative estimate of drug-likeness (QED) is 0.481. The van der Waals surface area contributed by atoms with Gasteiger partial charge in [-0.25, -0.2) is 0 Å². The second-order valence-corrected chi connectivity index (χ2v) is 3.16. The lowest BCUT2D eigenvalue weighted by Gasteiger charge is -2.16. The SMILES string of the molecule is C/C=C(\C)C1(C(O)C#N)CC1. The molecule has 2 nitrogen and oxygen atoms in total. The van der Waals surface area contributed by atoms with Crippen molar-refractivity contribution in [2.24, 2.45) is 5.41 Å². The molecule has 1 aliphatic rings. The molecule has 2 heteroatoms. The zero-order chi connectivity index (χ0) is 8.48. The van der Waals surface area contributed by atoms with Gasteiger partial charge in [0.25, 0.3) is 0 Å². The van der Waals surface area contributed by atoms with Gasteiger partial charge in [-0.2, -0.15) is 5.26 Å². The van der Waals surface area contributed by atoms with E-state index in [-0.39, 0.29) is 5.41 Å². The molecule has 1 rings (SSSR count). The highest BCUT2D eigenvalue weighted by molar-refractivity contribution is 5.25. The summed E-state index contributed by atoms with van der Waals surface area (Å²) in [6.07, 6.45) is 3.09. The monoisotopic (exact) mass is 151 g/mol. The van der Waals surface area contributed by atoms with E-state index in [0.29, 0.717) is 0 Å². The van der Waals surface area contributed by atoms with E-state index in [2.05, 4.69) is 0 Å². The van der Waals surface area contributed by atoms with Crippen LogP contribution in [0.4, 0.5) is 0 Å². The van der Waals surface area contributed by atoms with E-state index in [9.17, 15) is 5.11 Å². The van der Waals surface area contributed by atoms with Gasteiger partial charge in [-0.1, -0.05) is 11.6 Å². The minimum absolute atomic E-state index is 0.177. The van der Waals surface area contributed by atoms with E-state index < -0.39 is 6.10 Å². The van der Waals surface area contributed by atoms with Crippen LogP contribution in [0.2, 0.25) is 0 Å². The molecule has 0 saturated heterocycles. The first-order chi connectivity index (χ1) is 5.17. The van der Waals surface area contributed by atoms with Crippen LogP contribution in [0.1, 0.15) is 26.7 Å². The van der Waals surface area contributed by atoms with E-state index in [1.807, 2.05) is 26.0 Å². The Hall–Kier alpha value is -0.810. The van der Waals surface area contributed by atoms with Crippen LogP contribution in [0, 0.1) is 16.7 Å². The van der Waals surface area contributed by atoms with E-state index in [4.69, 9.17) is 5.26 Å². The van der Waals surface area contributed by atoms with Gasteiger partial charge < -0.3 is 5.11 Å². The van der Waals surface area contributed by atoms with E-state index in [1.165, 1.54) is 0 Å². The van der Waals surface area contributed by atoms with Crippen molar-refractivity contribution in [2.75, 3.05) is 0 Å². The first kappa shape index (κ1) is 8.29. The summed E-state index contributed by atoms with van der Waals surface area (Å²) < 4.78 is 0. The van der Waals surface area contributed by atoms with Crippen LogP contribution in [-0.4, -0.2) is 11.2 Å². The molecule has 0 spiro atoms. The van der Waals surface area contributed by atoms with Crippen LogP contribution in [0.15, 0.2) is 11.6 Å². The number of nitriles is 1. The largest absolute Gasteiger partial charge is 0.377 e. The first-order valence-electron chi connectivity index (χ1n) is 3.88. The van der Waals surface area contributed by atoms with Crippen molar-refractivity contribution >= 4 is 0 Å². The molecule has 1 saturated carbocycles. The lowest BCUT2D eigenvalue weighted by atomic mass is 9.91. The molecule has 0 bridgehead atoms. The molecule has 1 fully saturated rings. The average molecular weight is 151 g/mol. The third kappa shape index (κ3) is 1.17. The number of aliphatic hydroxyl groups is 1. The highest BCUT2D eigenvalue weighted by atomic mass is 16.3. The van der Waals surface area contributed by atoms with E-state index in [0.717, 1.165) is 18.4 Å². The predicted octanol–water partition coefficient (Wildman–Crippen LogP) is 1.62. The number of hydrogen-bond donors (Lipinski definition) is 1. The van der Waals surface area contributed by atoms with Crippen molar-refractivity contribution in [1.29, 1.82) is 5.26 Å². The Balaban J connectivity index is 2.77. The Morgan fingerprint density at radius 1 is 1.73 bits per heavy atom. The summed E-state index contributed by atoms with van der Waals surface area (Å²) in [5, 5.41) is 17.9. The topological polar surface area (TPSA) is 44.0 Å². The van der Waals surface area contributed by atoms with Gasteiger partial charge in [-0.3, -0.25) is 0 Å². The third-order valence-electron chi connectivity index (χ3n) is 2.65. The maximum Gasteiger partial charge on any atom is 0.149 e. The molecule has 11 heavy (non-hydrogen) atoms. The van der Waals surface area contributed by atoms with Crippen LogP contribution < -0.4 is 0 Å². The summed E-state index contributed by atoms with van der Waals surface area (Å²) in [6.45, 7) is 3.92. The predicted molar refractivity (Wildman–Crippen MR) is 42.7 cm³/mol.